The number of aldehydes is 1. The van der Waals surface area contributed by atoms with Crippen LogP contribution >= 0.6 is 11.6 Å². The fourth-order valence-corrected chi connectivity index (χ4v) is 1.24. The van der Waals surface area contributed by atoms with E-state index in [1.54, 1.807) is 12.1 Å². The van der Waals surface area contributed by atoms with E-state index >= 15 is 0 Å². The van der Waals surface area contributed by atoms with Crippen LogP contribution in [0.25, 0.3) is 0 Å². The molecule has 0 atom stereocenters. The highest BCUT2D eigenvalue weighted by atomic mass is 35.5. The van der Waals surface area contributed by atoms with Crippen molar-refractivity contribution >= 4 is 17.9 Å². The third-order valence-corrected chi connectivity index (χ3v) is 2.18. The molecule has 0 amide bonds. The van der Waals surface area contributed by atoms with Gasteiger partial charge in [0.05, 0.1) is 5.02 Å². The van der Waals surface area contributed by atoms with E-state index in [4.69, 9.17) is 11.6 Å². The number of rotatable bonds is 2. The van der Waals surface area contributed by atoms with Crippen molar-refractivity contribution in [2.75, 3.05) is 0 Å². The highest BCUT2D eigenvalue weighted by molar-refractivity contribution is 6.34. The van der Waals surface area contributed by atoms with Gasteiger partial charge in [-0.25, -0.2) is 0 Å². The van der Waals surface area contributed by atoms with Gasteiger partial charge in [-0.15, -0.1) is 0 Å². The van der Waals surface area contributed by atoms with Gasteiger partial charge < -0.3 is 0 Å². The second-order valence-corrected chi connectivity index (χ2v) is 3.26. The van der Waals surface area contributed by atoms with Gasteiger partial charge in [0.2, 0.25) is 0 Å². The van der Waals surface area contributed by atoms with Crippen molar-refractivity contribution in [3.63, 3.8) is 0 Å². The average molecular weight is 207 g/mol. The molecule has 1 aromatic carbocycles. The summed E-state index contributed by atoms with van der Waals surface area (Å²) in [5.74, 6) is 5.94. The monoisotopic (exact) mass is 206 g/mol. The molecule has 0 fully saturated rings. The van der Waals surface area contributed by atoms with Gasteiger partial charge in [-0.05, 0) is 12.5 Å². The summed E-state index contributed by atoms with van der Waals surface area (Å²) in [7, 11) is 0. The summed E-state index contributed by atoms with van der Waals surface area (Å²) in [4.78, 5) is 10.6. The van der Waals surface area contributed by atoms with Gasteiger partial charge in [-0.3, -0.25) is 4.79 Å². The molecule has 0 aliphatic heterocycles. The zero-order valence-electron chi connectivity index (χ0n) is 8.01. The average Bonchev–Trinajstić information content (AvgIpc) is 2.21. The molecule has 0 aliphatic carbocycles. The van der Waals surface area contributed by atoms with E-state index in [0.717, 1.165) is 24.7 Å². The smallest absolute Gasteiger partial charge is 0.151 e. The lowest BCUT2D eigenvalue weighted by atomic mass is 10.1. The van der Waals surface area contributed by atoms with Crippen LogP contribution < -0.4 is 0 Å². The molecule has 0 aromatic heterocycles. The van der Waals surface area contributed by atoms with Crippen LogP contribution in [0.1, 0.15) is 35.7 Å². The molecule has 2 heteroatoms. The second kappa shape index (κ2) is 5.47. The summed E-state index contributed by atoms with van der Waals surface area (Å²) in [6.45, 7) is 2.07. The van der Waals surface area contributed by atoms with Gasteiger partial charge in [-0.1, -0.05) is 42.5 Å². The van der Waals surface area contributed by atoms with E-state index in [-0.39, 0.29) is 0 Å². The number of hydrogen-bond donors (Lipinski definition) is 0. The van der Waals surface area contributed by atoms with Crippen molar-refractivity contribution in [3.05, 3.63) is 34.3 Å². The van der Waals surface area contributed by atoms with Crippen molar-refractivity contribution in [2.24, 2.45) is 0 Å². The van der Waals surface area contributed by atoms with Crippen molar-refractivity contribution in [2.45, 2.75) is 19.8 Å². The summed E-state index contributed by atoms with van der Waals surface area (Å²) >= 11 is 5.95. The van der Waals surface area contributed by atoms with Crippen LogP contribution in [0.2, 0.25) is 5.02 Å². The minimum Gasteiger partial charge on any atom is -0.298 e. The molecule has 1 nitrogen and oxygen atoms in total. The van der Waals surface area contributed by atoms with E-state index in [9.17, 15) is 4.79 Å². The Labute approximate surface area is 89.1 Å². The molecule has 0 bridgehead atoms. The number of carbonyl (C=O) groups excluding carboxylic acids is 1. The maximum Gasteiger partial charge on any atom is 0.151 e. The largest absolute Gasteiger partial charge is 0.298 e. The molecule has 0 aliphatic rings. The zero-order valence-corrected chi connectivity index (χ0v) is 8.77. The first-order valence-corrected chi connectivity index (χ1v) is 4.90. The third kappa shape index (κ3) is 2.61. The van der Waals surface area contributed by atoms with Crippen molar-refractivity contribution in [1.29, 1.82) is 0 Å². The molecule has 1 aromatic rings. The molecule has 0 spiro atoms. The molecule has 0 saturated carbocycles. The van der Waals surface area contributed by atoms with E-state index in [1.807, 2.05) is 6.07 Å². The predicted octanol–water partition coefficient (Wildman–Crippen LogP) is 3.30. The maximum absolute atomic E-state index is 10.6. The SMILES string of the molecule is CCCC#Cc1cccc(C=O)c1Cl. The van der Waals surface area contributed by atoms with Crippen molar-refractivity contribution in [3.8, 4) is 11.8 Å². The Hall–Kier alpha value is -1.26. The minimum atomic E-state index is 0.450. The number of carbonyl (C=O) groups is 1. The van der Waals surface area contributed by atoms with Crippen LogP contribution in [-0.4, -0.2) is 6.29 Å². The number of benzene rings is 1. The van der Waals surface area contributed by atoms with Crippen LogP contribution in [-0.2, 0) is 0 Å². The zero-order chi connectivity index (χ0) is 10.4. The Kier molecular flexibility index (Phi) is 4.22. The number of hydrogen-bond acceptors (Lipinski definition) is 1. The van der Waals surface area contributed by atoms with Crippen LogP contribution in [0.15, 0.2) is 18.2 Å². The summed E-state index contributed by atoms with van der Waals surface area (Å²) in [5.41, 5.74) is 1.22. The van der Waals surface area contributed by atoms with Gasteiger partial charge in [0.15, 0.2) is 6.29 Å². The lowest BCUT2D eigenvalue weighted by Crippen LogP contribution is -1.85. The third-order valence-electron chi connectivity index (χ3n) is 1.75. The lowest BCUT2D eigenvalue weighted by molar-refractivity contribution is 0.112. The second-order valence-electron chi connectivity index (χ2n) is 2.88. The standard InChI is InChI=1S/C12H11ClO/c1-2-3-4-6-10-7-5-8-11(9-14)12(10)13/h5,7-9H,2-3H2,1H3. The Morgan fingerprint density at radius 3 is 2.93 bits per heavy atom. The molecule has 14 heavy (non-hydrogen) atoms. The van der Waals surface area contributed by atoms with E-state index in [0.29, 0.717) is 10.6 Å². The first-order chi connectivity index (χ1) is 6.79. The Morgan fingerprint density at radius 2 is 2.29 bits per heavy atom. The quantitative estimate of drug-likeness (QED) is 0.536. The molecule has 0 radical (unpaired) electrons. The lowest BCUT2D eigenvalue weighted by Gasteiger charge is -1.97. The van der Waals surface area contributed by atoms with Gasteiger partial charge >= 0.3 is 0 Å². The van der Waals surface area contributed by atoms with E-state index in [2.05, 4.69) is 18.8 Å². The molecule has 0 unspecified atom stereocenters. The van der Waals surface area contributed by atoms with Crippen LogP contribution in [0.4, 0.5) is 0 Å². The molecule has 72 valence electrons. The Morgan fingerprint density at radius 1 is 1.50 bits per heavy atom. The summed E-state index contributed by atoms with van der Waals surface area (Å²) < 4.78 is 0. The topological polar surface area (TPSA) is 17.1 Å². The highest BCUT2D eigenvalue weighted by Crippen LogP contribution is 2.18. The number of halogens is 1. The van der Waals surface area contributed by atoms with Gasteiger partial charge in [0.25, 0.3) is 0 Å². The predicted molar refractivity (Wildman–Crippen MR) is 58.6 cm³/mol. The Balaban J connectivity index is 2.99. The fraction of sp³-hybridized carbons (Fsp3) is 0.250. The minimum absolute atomic E-state index is 0.450. The van der Waals surface area contributed by atoms with E-state index in [1.165, 1.54) is 0 Å². The molecule has 0 N–H and O–H groups in total. The van der Waals surface area contributed by atoms with Gasteiger partial charge in [-0.2, -0.15) is 0 Å². The van der Waals surface area contributed by atoms with E-state index < -0.39 is 0 Å². The summed E-state index contributed by atoms with van der Waals surface area (Å²) in [6, 6.07) is 5.28. The molecule has 0 saturated heterocycles. The van der Waals surface area contributed by atoms with Crippen LogP contribution in [0, 0.1) is 11.8 Å². The molecule has 1 rings (SSSR count). The molecular weight excluding hydrogens is 196 g/mol. The van der Waals surface area contributed by atoms with Crippen LogP contribution in [0.5, 0.6) is 0 Å². The summed E-state index contributed by atoms with van der Waals surface area (Å²) in [6.07, 6.45) is 2.62. The maximum atomic E-state index is 10.6. The fourth-order valence-electron chi connectivity index (χ4n) is 1.02. The Bertz CT molecular complexity index is 385. The van der Waals surface area contributed by atoms with Crippen LogP contribution in [0.3, 0.4) is 0 Å². The summed E-state index contributed by atoms with van der Waals surface area (Å²) in [5, 5.41) is 0.450. The van der Waals surface area contributed by atoms with Crippen molar-refractivity contribution in [1.82, 2.24) is 0 Å². The van der Waals surface area contributed by atoms with Gasteiger partial charge in [0.1, 0.15) is 0 Å². The number of unbranched alkanes of at least 4 members (excludes halogenated alkanes) is 1. The first-order valence-electron chi connectivity index (χ1n) is 4.52. The normalized spacial score (nSPS) is 9.00. The molecule has 0 heterocycles. The van der Waals surface area contributed by atoms with Crippen molar-refractivity contribution < 1.29 is 4.79 Å². The van der Waals surface area contributed by atoms with Gasteiger partial charge in [0, 0.05) is 17.5 Å². The highest BCUT2D eigenvalue weighted by Gasteiger charge is 2.01. The first kappa shape index (κ1) is 10.8. The molecular formula is C12H11ClO.